The Balaban J connectivity index is 2.13. The van der Waals surface area contributed by atoms with Crippen LogP contribution in [0.3, 0.4) is 0 Å². The molecule has 0 aliphatic rings. The molecule has 0 bridgehead atoms. The number of pyridine rings is 1. The predicted octanol–water partition coefficient (Wildman–Crippen LogP) is 1.72. The molecule has 2 aromatic heterocycles. The lowest BCUT2D eigenvalue weighted by Crippen LogP contribution is -2.17. The summed E-state index contributed by atoms with van der Waals surface area (Å²) in [6.45, 7) is 0. The fourth-order valence-corrected chi connectivity index (χ4v) is 2.15. The molecule has 0 fully saturated rings. The van der Waals surface area contributed by atoms with Gasteiger partial charge in [0.2, 0.25) is 5.88 Å². The van der Waals surface area contributed by atoms with Crippen LogP contribution in [0.25, 0.3) is 0 Å². The van der Waals surface area contributed by atoms with Crippen molar-refractivity contribution in [2.24, 2.45) is 12.8 Å². The minimum Gasteiger partial charge on any atom is -0.481 e. The van der Waals surface area contributed by atoms with E-state index in [0.717, 1.165) is 11.3 Å². The minimum absolute atomic E-state index is 0.208. The second-order valence-corrected chi connectivity index (χ2v) is 4.43. The Bertz CT molecular complexity index is 504. The molecule has 0 aliphatic carbocycles. The van der Waals surface area contributed by atoms with E-state index < -0.39 is 0 Å². The van der Waals surface area contributed by atoms with Gasteiger partial charge in [-0.2, -0.15) is 5.10 Å². The van der Waals surface area contributed by atoms with Crippen molar-refractivity contribution in [1.82, 2.24) is 14.8 Å². The van der Waals surface area contributed by atoms with E-state index in [4.69, 9.17) is 22.1 Å². The maximum atomic E-state index is 6.14. The highest BCUT2D eigenvalue weighted by molar-refractivity contribution is 6.31. The number of ether oxygens (including phenoxy) is 1. The summed E-state index contributed by atoms with van der Waals surface area (Å²) in [7, 11) is 3.41. The van der Waals surface area contributed by atoms with Crippen molar-refractivity contribution in [2.45, 2.75) is 12.5 Å². The topological polar surface area (TPSA) is 66.0 Å². The number of aryl methyl sites for hydroxylation is 1. The van der Waals surface area contributed by atoms with Gasteiger partial charge in [-0.3, -0.25) is 4.68 Å². The standard InChI is InChI=1S/C12H15ClN4O/c1-17-12(9(13)7-16-17)10(14)5-8-3-4-11(18-2)15-6-8/h3-4,6-7,10H,5,14H2,1-2H3. The van der Waals surface area contributed by atoms with Gasteiger partial charge in [0.25, 0.3) is 0 Å². The molecular formula is C12H15ClN4O. The molecule has 1 atom stereocenters. The fourth-order valence-electron chi connectivity index (χ4n) is 1.84. The van der Waals surface area contributed by atoms with Crippen molar-refractivity contribution in [1.29, 1.82) is 0 Å². The number of nitrogens with two attached hydrogens (primary N) is 1. The lowest BCUT2D eigenvalue weighted by molar-refractivity contribution is 0.397. The van der Waals surface area contributed by atoms with E-state index in [9.17, 15) is 0 Å². The average Bonchev–Trinajstić information content (AvgIpc) is 2.70. The maximum absolute atomic E-state index is 6.14. The molecule has 2 N–H and O–H groups in total. The Kier molecular flexibility index (Phi) is 3.84. The first-order valence-electron chi connectivity index (χ1n) is 5.53. The normalized spacial score (nSPS) is 12.4. The van der Waals surface area contributed by atoms with Crippen LogP contribution in [-0.4, -0.2) is 21.9 Å². The zero-order valence-corrected chi connectivity index (χ0v) is 11.1. The molecule has 0 aromatic carbocycles. The van der Waals surface area contributed by atoms with Crippen LogP contribution in [0.4, 0.5) is 0 Å². The lowest BCUT2D eigenvalue weighted by Gasteiger charge is -2.12. The van der Waals surface area contributed by atoms with E-state index in [0.29, 0.717) is 17.3 Å². The second-order valence-electron chi connectivity index (χ2n) is 4.02. The van der Waals surface area contributed by atoms with Crippen molar-refractivity contribution in [3.63, 3.8) is 0 Å². The van der Waals surface area contributed by atoms with Gasteiger partial charge in [0.1, 0.15) is 0 Å². The molecule has 0 saturated heterocycles. The Morgan fingerprint density at radius 2 is 2.22 bits per heavy atom. The van der Waals surface area contributed by atoms with Crippen molar-refractivity contribution in [2.75, 3.05) is 7.11 Å². The van der Waals surface area contributed by atoms with Crippen molar-refractivity contribution in [3.05, 3.63) is 40.8 Å². The third-order valence-electron chi connectivity index (χ3n) is 2.75. The van der Waals surface area contributed by atoms with Crippen LogP contribution in [0.2, 0.25) is 5.02 Å². The zero-order chi connectivity index (χ0) is 13.1. The Labute approximate surface area is 111 Å². The maximum Gasteiger partial charge on any atom is 0.212 e. The van der Waals surface area contributed by atoms with Crippen LogP contribution in [0.1, 0.15) is 17.3 Å². The van der Waals surface area contributed by atoms with Crippen molar-refractivity contribution in [3.8, 4) is 5.88 Å². The lowest BCUT2D eigenvalue weighted by atomic mass is 10.1. The number of nitrogens with zero attached hydrogens (tertiary/aromatic N) is 3. The summed E-state index contributed by atoms with van der Waals surface area (Å²) in [6.07, 6.45) is 4.00. The number of hydrogen-bond donors (Lipinski definition) is 1. The molecule has 2 heterocycles. The van der Waals surface area contributed by atoms with Gasteiger partial charge in [0.15, 0.2) is 0 Å². The van der Waals surface area contributed by atoms with E-state index in [-0.39, 0.29) is 6.04 Å². The fraction of sp³-hybridized carbons (Fsp3) is 0.333. The van der Waals surface area contributed by atoms with Gasteiger partial charge in [0.05, 0.1) is 30.1 Å². The van der Waals surface area contributed by atoms with Gasteiger partial charge < -0.3 is 10.5 Å². The molecule has 0 amide bonds. The van der Waals surface area contributed by atoms with E-state index in [1.165, 1.54) is 0 Å². The van der Waals surface area contributed by atoms with Crippen LogP contribution >= 0.6 is 11.6 Å². The second kappa shape index (κ2) is 5.37. The summed E-state index contributed by atoms with van der Waals surface area (Å²) in [5, 5.41) is 4.66. The highest BCUT2D eigenvalue weighted by Crippen LogP contribution is 2.23. The van der Waals surface area contributed by atoms with E-state index in [1.54, 1.807) is 24.2 Å². The van der Waals surface area contributed by atoms with Gasteiger partial charge in [0, 0.05) is 19.3 Å². The molecule has 2 rings (SSSR count). The van der Waals surface area contributed by atoms with E-state index in [1.807, 2.05) is 19.2 Å². The Morgan fingerprint density at radius 3 is 2.72 bits per heavy atom. The summed E-state index contributed by atoms with van der Waals surface area (Å²) < 4.78 is 6.71. The summed E-state index contributed by atoms with van der Waals surface area (Å²) in [5.74, 6) is 0.589. The largest absolute Gasteiger partial charge is 0.481 e. The molecular weight excluding hydrogens is 252 g/mol. The Morgan fingerprint density at radius 1 is 1.44 bits per heavy atom. The molecule has 96 valence electrons. The number of rotatable bonds is 4. The number of aromatic nitrogens is 3. The first kappa shape index (κ1) is 12.9. The first-order chi connectivity index (χ1) is 8.61. The number of halogens is 1. The predicted molar refractivity (Wildman–Crippen MR) is 69.6 cm³/mol. The van der Waals surface area contributed by atoms with Crippen LogP contribution in [0.15, 0.2) is 24.5 Å². The van der Waals surface area contributed by atoms with Crippen LogP contribution in [0, 0.1) is 0 Å². The molecule has 0 saturated carbocycles. The molecule has 5 nitrogen and oxygen atoms in total. The molecule has 0 radical (unpaired) electrons. The Hall–Kier alpha value is -1.59. The van der Waals surface area contributed by atoms with Gasteiger partial charge in [-0.05, 0) is 12.0 Å². The van der Waals surface area contributed by atoms with Crippen molar-refractivity contribution >= 4 is 11.6 Å². The zero-order valence-electron chi connectivity index (χ0n) is 10.3. The molecule has 18 heavy (non-hydrogen) atoms. The smallest absolute Gasteiger partial charge is 0.212 e. The summed E-state index contributed by atoms with van der Waals surface area (Å²) in [6, 6.07) is 3.54. The first-order valence-corrected chi connectivity index (χ1v) is 5.91. The molecule has 0 aliphatic heterocycles. The van der Waals surface area contributed by atoms with Gasteiger partial charge in [-0.25, -0.2) is 4.98 Å². The third-order valence-corrected chi connectivity index (χ3v) is 3.04. The quantitative estimate of drug-likeness (QED) is 0.915. The third kappa shape index (κ3) is 2.63. The van der Waals surface area contributed by atoms with Crippen LogP contribution < -0.4 is 10.5 Å². The highest BCUT2D eigenvalue weighted by Gasteiger charge is 2.15. The number of hydrogen-bond acceptors (Lipinski definition) is 4. The molecule has 6 heteroatoms. The van der Waals surface area contributed by atoms with Gasteiger partial charge >= 0.3 is 0 Å². The summed E-state index contributed by atoms with van der Waals surface area (Å²) in [4.78, 5) is 4.14. The number of methoxy groups -OCH3 is 1. The van der Waals surface area contributed by atoms with Gasteiger partial charge in [-0.1, -0.05) is 17.7 Å². The summed E-state index contributed by atoms with van der Waals surface area (Å²) >= 11 is 6.05. The monoisotopic (exact) mass is 266 g/mol. The van der Waals surface area contributed by atoms with Crippen LogP contribution in [0.5, 0.6) is 5.88 Å². The minimum atomic E-state index is -0.208. The molecule has 2 aromatic rings. The van der Waals surface area contributed by atoms with E-state index >= 15 is 0 Å². The van der Waals surface area contributed by atoms with Crippen molar-refractivity contribution < 1.29 is 4.74 Å². The highest BCUT2D eigenvalue weighted by atomic mass is 35.5. The van der Waals surface area contributed by atoms with E-state index in [2.05, 4.69) is 10.1 Å². The average molecular weight is 267 g/mol. The van der Waals surface area contributed by atoms with Crippen LogP contribution in [-0.2, 0) is 13.5 Å². The molecule has 1 unspecified atom stereocenters. The molecule has 0 spiro atoms. The van der Waals surface area contributed by atoms with Gasteiger partial charge in [-0.15, -0.1) is 0 Å². The summed E-state index contributed by atoms with van der Waals surface area (Å²) in [5.41, 5.74) is 7.99. The SMILES string of the molecule is COc1ccc(CC(N)c2c(Cl)cnn2C)cn1.